The molecule has 23 heavy (non-hydrogen) atoms. The second-order valence-electron chi connectivity index (χ2n) is 4.72. The van der Waals surface area contributed by atoms with E-state index in [1.807, 2.05) is 40.4 Å². The summed E-state index contributed by atoms with van der Waals surface area (Å²) in [6.45, 7) is 0.530. The predicted molar refractivity (Wildman–Crippen MR) is 90.0 cm³/mol. The first-order chi connectivity index (χ1) is 11.2. The molecular formula is C16H14N2O3S2. The van der Waals surface area contributed by atoms with Crippen LogP contribution in [0.4, 0.5) is 0 Å². The van der Waals surface area contributed by atoms with Crippen LogP contribution in [0.1, 0.15) is 10.6 Å². The summed E-state index contributed by atoms with van der Waals surface area (Å²) in [4.78, 5) is 24.5. The summed E-state index contributed by atoms with van der Waals surface area (Å²) >= 11 is 3.12. The number of nitrogens with one attached hydrogen (secondary N) is 2. The molecule has 3 rings (SSSR count). The molecule has 0 aliphatic rings. The third-order valence-corrected chi connectivity index (χ3v) is 4.66. The molecule has 0 fully saturated rings. The lowest BCUT2D eigenvalue weighted by molar-refractivity contribution is -0.139. The van der Waals surface area contributed by atoms with E-state index in [9.17, 15) is 9.59 Å². The van der Waals surface area contributed by atoms with Gasteiger partial charge in [-0.25, -0.2) is 0 Å². The lowest BCUT2D eigenvalue weighted by atomic mass is 10.3. The Kier molecular flexibility index (Phi) is 4.89. The monoisotopic (exact) mass is 346 g/mol. The van der Waals surface area contributed by atoms with Gasteiger partial charge >= 0.3 is 11.8 Å². The van der Waals surface area contributed by atoms with E-state index in [4.69, 9.17) is 4.42 Å². The molecular weight excluding hydrogens is 332 g/mol. The van der Waals surface area contributed by atoms with Gasteiger partial charge in [0, 0.05) is 15.8 Å². The Balaban J connectivity index is 1.48. The van der Waals surface area contributed by atoms with E-state index in [1.54, 1.807) is 17.4 Å². The number of hydrogen-bond donors (Lipinski definition) is 2. The molecule has 0 spiro atoms. The number of carbonyl (C=O) groups is 2. The summed E-state index contributed by atoms with van der Waals surface area (Å²) in [6, 6.07) is 9.40. The van der Waals surface area contributed by atoms with Gasteiger partial charge in [0.1, 0.15) is 11.5 Å². The first-order valence-corrected chi connectivity index (χ1v) is 8.74. The average molecular weight is 346 g/mol. The largest absolute Gasteiger partial charge is 0.459 e. The molecule has 7 heteroatoms. The number of hydrogen-bond acceptors (Lipinski definition) is 5. The number of carbonyl (C=O) groups excluding carboxylic acids is 2. The summed E-state index contributed by atoms with van der Waals surface area (Å²) in [5, 5.41) is 11.0. The van der Waals surface area contributed by atoms with Crippen molar-refractivity contribution in [3.8, 4) is 11.3 Å². The zero-order valence-corrected chi connectivity index (χ0v) is 13.7. The van der Waals surface area contributed by atoms with Crippen molar-refractivity contribution in [1.82, 2.24) is 10.6 Å². The van der Waals surface area contributed by atoms with E-state index in [1.165, 1.54) is 11.3 Å². The molecule has 5 nitrogen and oxygen atoms in total. The van der Waals surface area contributed by atoms with Crippen molar-refractivity contribution >= 4 is 34.5 Å². The van der Waals surface area contributed by atoms with Crippen molar-refractivity contribution in [1.29, 1.82) is 0 Å². The molecule has 2 N–H and O–H groups in total. The fourth-order valence-electron chi connectivity index (χ4n) is 1.94. The number of rotatable bonds is 5. The highest BCUT2D eigenvalue weighted by Crippen LogP contribution is 2.24. The van der Waals surface area contributed by atoms with Gasteiger partial charge in [-0.3, -0.25) is 9.59 Å². The second-order valence-corrected chi connectivity index (χ2v) is 6.53. The van der Waals surface area contributed by atoms with E-state index >= 15 is 0 Å². The van der Waals surface area contributed by atoms with Crippen molar-refractivity contribution in [2.24, 2.45) is 0 Å². The van der Waals surface area contributed by atoms with Gasteiger partial charge in [-0.2, -0.15) is 11.3 Å². The van der Waals surface area contributed by atoms with Crippen LogP contribution >= 0.6 is 22.7 Å². The van der Waals surface area contributed by atoms with Crippen LogP contribution in [0, 0.1) is 0 Å². The first kappa shape index (κ1) is 15.5. The lowest BCUT2D eigenvalue weighted by Gasteiger charge is -2.04. The predicted octanol–water partition coefficient (Wildman–Crippen LogP) is 3.00. The molecule has 0 atom stereocenters. The van der Waals surface area contributed by atoms with Gasteiger partial charge < -0.3 is 15.1 Å². The molecule has 0 bridgehead atoms. The third kappa shape index (κ3) is 4.08. The average Bonchev–Trinajstić information content (AvgIpc) is 3.32. The lowest BCUT2D eigenvalue weighted by Crippen LogP contribution is -2.39. The minimum atomic E-state index is -0.671. The van der Waals surface area contributed by atoms with Crippen molar-refractivity contribution in [3.63, 3.8) is 0 Å². The minimum absolute atomic E-state index is 0.176. The fraction of sp³-hybridized carbons (Fsp3) is 0.125. The Morgan fingerprint density at radius 2 is 1.83 bits per heavy atom. The van der Waals surface area contributed by atoms with Gasteiger partial charge in [-0.15, -0.1) is 11.3 Å². The van der Waals surface area contributed by atoms with Crippen molar-refractivity contribution in [2.75, 3.05) is 0 Å². The Labute approximate surface area is 141 Å². The summed E-state index contributed by atoms with van der Waals surface area (Å²) in [7, 11) is 0. The van der Waals surface area contributed by atoms with Gasteiger partial charge in [0.05, 0.1) is 13.1 Å². The van der Waals surface area contributed by atoms with E-state index in [0.29, 0.717) is 12.3 Å². The van der Waals surface area contributed by atoms with E-state index in [0.717, 1.165) is 16.2 Å². The molecule has 0 aliphatic heterocycles. The van der Waals surface area contributed by atoms with Gasteiger partial charge in [0.25, 0.3) is 0 Å². The van der Waals surface area contributed by atoms with E-state index < -0.39 is 11.8 Å². The van der Waals surface area contributed by atoms with Crippen LogP contribution in [-0.4, -0.2) is 11.8 Å². The zero-order chi connectivity index (χ0) is 16.1. The van der Waals surface area contributed by atoms with Crippen molar-refractivity contribution in [2.45, 2.75) is 13.1 Å². The standard InChI is InChI=1S/C16H14N2O3S2/c19-15(16(20)18-9-13-2-1-6-23-13)17-8-12-3-4-14(21-12)11-5-7-22-10-11/h1-7,10H,8-9H2,(H,17,19)(H,18,20). The number of thiophene rings is 2. The van der Waals surface area contributed by atoms with Crippen LogP contribution in [-0.2, 0) is 22.7 Å². The molecule has 2 amide bonds. The number of furan rings is 1. The quantitative estimate of drug-likeness (QED) is 0.698. The maximum absolute atomic E-state index is 11.8. The van der Waals surface area contributed by atoms with Crippen LogP contribution in [0.3, 0.4) is 0 Å². The fourth-order valence-corrected chi connectivity index (χ4v) is 3.23. The van der Waals surface area contributed by atoms with Crippen LogP contribution in [0.25, 0.3) is 11.3 Å². The smallest absolute Gasteiger partial charge is 0.309 e. The van der Waals surface area contributed by atoms with E-state index in [2.05, 4.69) is 10.6 Å². The first-order valence-electron chi connectivity index (χ1n) is 6.92. The Morgan fingerprint density at radius 3 is 2.52 bits per heavy atom. The SMILES string of the molecule is O=C(NCc1ccc(-c2ccsc2)o1)C(=O)NCc1cccs1. The Morgan fingerprint density at radius 1 is 1.00 bits per heavy atom. The molecule has 3 aromatic rings. The maximum atomic E-state index is 11.8. The summed E-state index contributed by atoms with van der Waals surface area (Å²) in [5.74, 6) is 0.0290. The third-order valence-electron chi connectivity index (χ3n) is 3.10. The van der Waals surface area contributed by atoms with Gasteiger partial charge in [0.2, 0.25) is 0 Å². The van der Waals surface area contributed by atoms with Crippen molar-refractivity contribution in [3.05, 3.63) is 57.1 Å². The molecule has 3 heterocycles. The molecule has 3 aromatic heterocycles. The molecule has 118 valence electrons. The summed E-state index contributed by atoms with van der Waals surface area (Å²) in [5.41, 5.74) is 1.00. The minimum Gasteiger partial charge on any atom is -0.459 e. The van der Waals surface area contributed by atoms with Gasteiger partial charge in [0.15, 0.2) is 0 Å². The zero-order valence-electron chi connectivity index (χ0n) is 12.1. The van der Waals surface area contributed by atoms with E-state index in [-0.39, 0.29) is 6.54 Å². The van der Waals surface area contributed by atoms with Gasteiger partial charge in [-0.05, 0) is 35.0 Å². The van der Waals surface area contributed by atoms with Gasteiger partial charge in [-0.1, -0.05) is 6.07 Å². The molecule has 0 unspecified atom stereocenters. The molecule has 0 saturated heterocycles. The molecule has 0 radical (unpaired) electrons. The van der Waals surface area contributed by atoms with Crippen LogP contribution in [0.15, 0.2) is 50.9 Å². The Bertz CT molecular complexity index is 776. The van der Waals surface area contributed by atoms with Crippen LogP contribution in [0.2, 0.25) is 0 Å². The summed E-state index contributed by atoms with van der Waals surface area (Å²) in [6.07, 6.45) is 0. The number of amides is 2. The summed E-state index contributed by atoms with van der Waals surface area (Å²) < 4.78 is 5.64. The maximum Gasteiger partial charge on any atom is 0.309 e. The van der Waals surface area contributed by atoms with Crippen LogP contribution < -0.4 is 10.6 Å². The molecule has 0 aliphatic carbocycles. The Hall–Kier alpha value is -2.38. The van der Waals surface area contributed by atoms with Crippen LogP contribution in [0.5, 0.6) is 0 Å². The second kappa shape index (κ2) is 7.26. The highest BCUT2D eigenvalue weighted by molar-refractivity contribution is 7.09. The topological polar surface area (TPSA) is 71.3 Å². The highest BCUT2D eigenvalue weighted by Gasteiger charge is 2.14. The molecule has 0 saturated carbocycles. The molecule has 0 aromatic carbocycles. The highest BCUT2D eigenvalue weighted by atomic mass is 32.1. The van der Waals surface area contributed by atoms with Crippen molar-refractivity contribution < 1.29 is 14.0 Å². The normalized spacial score (nSPS) is 10.4.